The first kappa shape index (κ1) is 20.6. The summed E-state index contributed by atoms with van der Waals surface area (Å²) in [5.41, 5.74) is 1.46. The number of esters is 1. The lowest BCUT2D eigenvalue weighted by atomic mass is 9.86. The number of rotatable bonds is 5. The van der Waals surface area contributed by atoms with Crippen LogP contribution in [0, 0.1) is 11.6 Å². The molecule has 4 nitrogen and oxygen atoms in total. The van der Waals surface area contributed by atoms with E-state index in [9.17, 15) is 18.4 Å². The molecule has 2 aromatic carbocycles. The Bertz CT molecular complexity index is 826. The SMILES string of the molecule is COC(=O)[C@@H](Cc1ccc(C(C)(C)C)cc1)NC(=O)c1cccc(F)c1F. The summed E-state index contributed by atoms with van der Waals surface area (Å²) in [5, 5.41) is 2.43. The molecule has 0 aromatic heterocycles. The second kappa shape index (κ2) is 8.29. The Balaban J connectivity index is 2.19. The number of carbonyl (C=O) groups excluding carboxylic acids is 2. The normalized spacial score (nSPS) is 12.4. The van der Waals surface area contributed by atoms with Crippen molar-refractivity contribution < 1.29 is 23.1 Å². The summed E-state index contributed by atoms with van der Waals surface area (Å²) < 4.78 is 31.9. The number of nitrogens with one attached hydrogen (secondary N) is 1. The minimum absolute atomic E-state index is 0.0105. The van der Waals surface area contributed by atoms with Crippen molar-refractivity contribution in [3.05, 3.63) is 70.8 Å². The largest absolute Gasteiger partial charge is 0.467 e. The highest BCUT2D eigenvalue weighted by atomic mass is 19.2. The molecule has 0 heterocycles. The fourth-order valence-corrected chi connectivity index (χ4v) is 2.63. The van der Waals surface area contributed by atoms with Gasteiger partial charge in [-0.1, -0.05) is 51.1 Å². The molecule has 27 heavy (non-hydrogen) atoms. The lowest BCUT2D eigenvalue weighted by molar-refractivity contribution is -0.142. The average Bonchev–Trinajstić information content (AvgIpc) is 2.62. The second-order valence-corrected chi connectivity index (χ2v) is 7.30. The number of ether oxygens (including phenoxy) is 1. The van der Waals surface area contributed by atoms with Crippen molar-refractivity contribution in [3.8, 4) is 0 Å². The third-order valence-electron chi connectivity index (χ3n) is 4.25. The van der Waals surface area contributed by atoms with Crippen molar-refractivity contribution in [1.29, 1.82) is 0 Å². The van der Waals surface area contributed by atoms with E-state index in [1.807, 2.05) is 24.3 Å². The van der Waals surface area contributed by atoms with E-state index in [-0.39, 0.29) is 11.8 Å². The summed E-state index contributed by atoms with van der Waals surface area (Å²) >= 11 is 0. The van der Waals surface area contributed by atoms with Crippen LogP contribution < -0.4 is 5.32 Å². The number of amides is 1. The topological polar surface area (TPSA) is 55.4 Å². The van der Waals surface area contributed by atoms with Gasteiger partial charge in [-0.05, 0) is 28.7 Å². The minimum Gasteiger partial charge on any atom is -0.467 e. The van der Waals surface area contributed by atoms with Crippen molar-refractivity contribution in [2.75, 3.05) is 7.11 Å². The zero-order chi connectivity index (χ0) is 20.2. The van der Waals surface area contributed by atoms with Gasteiger partial charge in [0.1, 0.15) is 6.04 Å². The lowest BCUT2D eigenvalue weighted by Crippen LogP contribution is -2.43. The Morgan fingerprint density at radius 2 is 1.70 bits per heavy atom. The van der Waals surface area contributed by atoms with Crippen LogP contribution in [0.1, 0.15) is 42.3 Å². The van der Waals surface area contributed by atoms with Gasteiger partial charge in [-0.3, -0.25) is 4.79 Å². The van der Waals surface area contributed by atoms with Crippen molar-refractivity contribution in [1.82, 2.24) is 5.32 Å². The van der Waals surface area contributed by atoms with Gasteiger partial charge in [0.2, 0.25) is 0 Å². The summed E-state index contributed by atoms with van der Waals surface area (Å²) in [5.74, 6) is -3.93. The molecule has 0 bridgehead atoms. The first-order chi connectivity index (χ1) is 12.6. The van der Waals surface area contributed by atoms with Crippen LogP contribution >= 0.6 is 0 Å². The monoisotopic (exact) mass is 375 g/mol. The smallest absolute Gasteiger partial charge is 0.328 e. The van der Waals surface area contributed by atoms with E-state index in [2.05, 4.69) is 26.1 Å². The highest BCUT2D eigenvalue weighted by Crippen LogP contribution is 2.22. The standard InChI is InChI=1S/C21H23F2NO3/c1-21(2,3)14-10-8-13(9-11-14)12-17(20(26)27-4)24-19(25)15-6-5-7-16(22)18(15)23/h5-11,17H,12H2,1-4H3,(H,24,25)/t17-/m1/s1. The van der Waals surface area contributed by atoms with E-state index in [0.29, 0.717) is 0 Å². The predicted octanol–water partition coefficient (Wildman–Crippen LogP) is 3.78. The molecule has 2 rings (SSSR count). The molecule has 0 aliphatic rings. The van der Waals surface area contributed by atoms with E-state index in [1.165, 1.54) is 13.2 Å². The highest BCUT2D eigenvalue weighted by Gasteiger charge is 2.25. The van der Waals surface area contributed by atoms with Gasteiger partial charge in [-0.25, -0.2) is 13.6 Å². The van der Waals surface area contributed by atoms with Gasteiger partial charge in [-0.2, -0.15) is 0 Å². The van der Waals surface area contributed by atoms with Crippen LogP contribution in [-0.4, -0.2) is 25.0 Å². The van der Waals surface area contributed by atoms with Gasteiger partial charge in [0.05, 0.1) is 12.7 Å². The molecular weight excluding hydrogens is 352 g/mol. The van der Waals surface area contributed by atoms with Crippen molar-refractivity contribution >= 4 is 11.9 Å². The molecule has 1 amide bonds. The number of hydrogen-bond acceptors (Lipinski definition) is 3. The van der Waals surface area contributed by atoms with Gasteiger partial charge in [-0.15, -0.1) is 0 Å². The fourth-order valence-electron chi connectivity index (χ4n) is 2.63. The molecule has 6 heteroatoms. The maximum atomic E-state index is 13.8. The third kappa shape index (κ3) is 5.12. The van der Waals surface area contributed by atoms with Crippen LogP contribution in [0.15, 0.2) is 42.5 Å². The van der Waals surface area contributed by atoms with E-state index in [1.54, 1.807) is 0 Å². The number of benzene rings is 2. The highest BCUT2D eigenvalue weighted by molar-refractivity contribution is 5.97. The van der Waals surface area contributed by atoms with E-state index in [4.69, 9.17) is 4.74 Å². The maximum absolute atomic E-state index is 13.8. The molecule has 0 spiro atoms. The van der Waals surface area contributed by atoms with Gasteiger partial charge >= 0.3 is 5.97 Å². The second-order valence-electron chi connectivity index (χ2n) is 7.30. The predicted molar refractivity (Wildman–Crippen MR) is 98.5 cm³/mol. The van der Waals surface area contributed by atoms with Gasteiger partial charge < -0.3 is 10.1 Å². The molecule has 0 unspecified atom stereocenters. The Kier molecular flexibility index (Phi) is 6.31. The zero-order valence-corrected chi connectivity index (χ0v) is 15.8. The zero-order valence-electron chi connectivity index (χ0n) is 15.8. The summed E-state index contributed by atoms with van der Waals surface area (Å²) in [6.07, 6.45) is 0.166. The van der Waals surface area contributed by atoms with E-state index >= 15 is 0 Å². The molecule has 0 saturated heterocycles. The Morgan fingerprint density at radius 3 is 2.26 bits per heavy atom. The molecular formula is C21H23F2NO3. The molecule has 0 aliphatic carbocycles. The molecule has 1 N–H and O–H groups in total. The lowest BCUT2D eigenvalue weighted by Gasteiger charge is -2.20. The molecule has 1 atom stereocenters. The minimum atomic E-state index is -1.26. The van der Waals surface area contributed by atoms with Crippen LogP contribution in [0.3, 0.4) is 0 Å². The number of methoxy groups -OCH3 is 1. The Labute approximate surface area is 157 Å². The van der Waals surface area contributed by atoms with Crippen LogP contribution in [0.5, 0.6) is 0 Å². The summed E-state index contributed by atoms with van der Waals surface area (Å²) in [4.78, 5) is 24.4. The number of hydrogen-bond donors (Lipinski definition) is 1. The average molecular weight is 375 g/mol. The van der Waals surface area contributed by atoms with Crippen molar-refractivity contribution in [3.63, 3.8) is 0 Å². The molecule has 2 aromatic rings. The third-order valence-corrected chi connectivity index (χ3v) is 4.25. The van der Waals surface area contributed by atoms with Gasteiger partial charge in [0, 0.05) is 6.42 Å². The van der Waals surface area contributed by atoms with Crippen LogP contribution in [-0.2, 0) is 21.4 Å². The van der Waals surface area contributed by atoms with Crippen LogP contribution in [0.2, 0.25) is 0 Å². The van der Waals surface area contributed by atoms with E-state index in [0.717, 1.165) is 23.3 Å². The quantitative estimate of drug-likeness (QED) is 0.810. The summed E-state index contributed by atoms with van der Waals surface area (Å²) in [7, 11) is 1.20. The van der Waals surface area contributed by atoms with E-state index < -0.39 is 35.1 Å². The van der Waals surface area contributed by atoms with Crippen molar-refractivity contribution in [2.24, 2.45) is 0 Å². The summed E-state index contributed by atoms with van der Waals surface area (Å²) in [6, 6.07) is 9.92. The number of halogens is 2. The molecule has 0 saturated carbocycles. The first-order valence-electron chi connectivity index (χ1n) is 8.55. The van der Waals surface area contributed by atoms with Gasteiger partial charge in [0.15, 0.2) is 11.6 Å². The Hall–Kier alpha value is -2.76. The Morgan fingerprint density at radius 1 is 1.07 bits per heavy atom. The molecule has 0 radical (unpaired) electrons. The number of carbonyl (C=O) groups is 2. The maximum Gasteiger partial charge on any atom is 0.328 e. The van der Waals surface area contributed by atoms with Gasteiger partial charge in [0.25, 0.3) is 5.91 Å². The molecule has 0 aliphatic heterocycles. The summed E-state index contributed by atoms with van der Waals surface area (Å²) in [6.45, 7) is 6.27. The fraction of sp³-hybridized carbons (Fsp3) is 0.333. The first-order valence-corrected chi connectivity index (χ1v) is 8.55. The molecule has 144 valence electrons. The van der Waals surface area contributed by atoms with Crippen LogP contribution in [0.25, 0.3) is 0 Å². The van der Waals surface area contributed by atoms with Crippen LogP contribution in [0.4, 0.5) is 8.78 Å². The molecule has 0 fully saturated rings. The van der Waals surface area contributed by atoms with Crippen molar-refractivity contribution in [2.45, 2.75) is 38.6 Å².